The van der Waals surface area contributed by atoms with Crippen LogP contribution in [0.4, 0.5) is 0 Å². The van der Waals surface area contributed by atoms with Gasteiger partial charge in [-0.15, -0.1) is 0 Å². The summed E-state index contributed by atoms with van der Waals surface area (Å²) in [5.74, 6) is 0. The van der Waals surface area contributed by atoms with Crippen LogP contribution in [0, 0.1) is 0 Å². The van der Waals surface area contributed by atoms with Gasteiger partial charge in [0.15, 0.2) is 0 Å². The Morgan fingerprint density at radius 2 is 1.85 bits per heavy atom. The first-order valence-electron chi connectivity index (χ1n) is 7.52. The normalized spacial score (nSPS) is 34.2. The summed E-state index contributed by atoms with van der Waals surface area (Å²) in [5.41, 5.74) is 0. The number of nitrogens with one attached hydrogen (secondary N) is 1. The van der Waals surface area contributed by atoms with Crippen LogP contribution in [-0.4, -0.2) is 68.5 Å². The van der Waals surface area contributed by atoms with Gasteiger partial charge in [0, 0.05) is 32.2 Å². The fraction of sp³-hybridized carbons (Fsp3) is 1.00. The molecule has 2 aliphatic rings. The maximum atomic E-state index is 12.9. The van der Waals surface area contributed by atoms with Gasteiger partial charge in [-0.3, -0.25) is 0 Å². The number of hydrogen-bond acceptors (Lipinski definition) is 4. The number of likely N-dealkylation sites (N-methyl/N-ethyl adjacent to an activating group) is 1. The molecule has 0 saturated carbocycles. The zero-order valence-electron chi connectivity index (χ0n) is 12.7. The van der Waals surface area contributed by atoms with E-state index in [1.165, 1.54) is 0 Å². The van der Waals surface area contributed by atoms with Crippen molar-refractivity contribution in [2.24, 2.45) is 0 Å². The molecule has 0 aromatic carbocycles. The maximum Gasteiger partial charge on any atom is 0.282 e. The molecule has 0 aromatic heterocycles. The smallest absolute Gasteiger partial charge is 0.282 e. The Morgan fingerprint density at radius 3 is 2.45 bits per heavy atom. The number of piperidine rings is 1. The van der Waals surface area contributed by atoms with Crippen LogP contribution in [0.25, 0.3) is 0 Å². The summed E-state index contributed by atoms with van der Waals surface area (Å²) in [6.07, 6.45) is 2.92. The van der Waals surface area contributed by atoms with Crippen molar-refractivity contribution >= 4 is 10.2 Å². The molecule has 0 amide bonds. The molecule has 118 valence electrons. The van der Waals surface area contributed by atoms with Gasteiger partial charge in [-0.25, -0.2) is 0 Å². The fourth-order valence-corrected chi connectivity index (χ4v) is 5.19. The van der Waals surface area contributed by atoms with E-state index in [1.54, 1.807) is 8.61 Å². The maximum absolute atomic E-state index is 12.9. The van der Waals surface area contributed by atoms with Gasteiger partial charge in [0.1, 0.15) is 0 Å². The average Bonchev–Trinajstić information content (AvgIpc) is 2.38. The van der Waals surface area contributed by atoms with Crippen LogP contribution in [0.5, 0.6) is 0 Å². The van der Waals surface area contributed by atoms with E-state index in [2.05, 4.69) is 5.32 Å². The highest BCUT2D eigenvalue weighted by molar-refractivity contribution is 7.86. The van der Waals surface area contributed by atoms with Crippen LogP contribution in [-0.2, 0) is 14.9 Å². The molecule has 7 heteroatoms. The van der Waals surface area contributed by atoms with Crippen LogP contribution in [0.3, 0.4) is 0 Å². The van der Waals surface area contributed by atoms with Gasteiger partial charge in [0.2, 0.25) is 0 Å². The Morgan fingerprint density at radius 1 is 1.20 bits per heavy atom. The van der Waals surface area contributed by atoms with Crippen LogP contribution >= 0.6 is 0 Å². The molecular formula is C13H27N3O3S. The second-order valence-corrected chi connectivity index (χ2v) is 7.78. The topological polar surface area (TPSA) is 61.9 Å². The number of ether oxygens (including phenoxy) is 1. The molecule has 2 aliphatic heterocycles. The van der Waals surface area contributed by atoms with Crippen LogP contribution in [0.1, 0.15) is 33.1 Å². The van der Waals surface area contributed by atoms with Gasteiger partial charge in [-0.2, -0.15) is 17.0 Å². The van der Waals surface area contributed by atoms with Crippen molar-refractivity contribution in [3.05, 3.63) is 0 Å². The summed E-state index contributed by atoms with van der Waals surface area (Å²) in [6.45, 7) is 6.12. The molecule has 0 bridgehead atoms. The minimum Gasteiger partial charge on any atom is -0.373 e. The molecule has 0 spiro atoms. The SMILES string of the molecule is CNCC1CCCCN1S(=O)(=O)N1C[C@@H](C)O[C@@H](C)C1. The van der Waals surface area contributed by atoms with Crippen molar-refractivity contribution in [1.29, 1.82) is 0 Å². The van der Waals surface area contributed by atoms with Gasteiger partial charge in [-0.05, 0) is 33.7 Å². The number of hydrogen-bond donors (Lipinski definition) is 1. The molecule has 3 atom stereocenters. The number of morpholine rings is 1. The summed E-state index contributed by atoms with van der Waals surface area (Å²) < 4.78 is 34.7. The van der Waals surface area contributed by atoms with Crippen molar-refractivity contribution in [1.82, 2.24) is 13.9 Å². The lowest BCUT2D eigenvalue weighted by Crippen LogP contribution is -2.57. The fourth-order valence-electron chi connectivity index (χ4n) is 3.18. The van der Waals surface area contributed by atoms with Crippen molar-refractivity contribution in [3.63, 3.8) is 0 Å². The summed E-state index contributed by atoms with van der Waals surface area (Å²) in [4.78, 5) is 0. The Hall–Kier alpha value is -0.210. The standard InChI is InChI=1S/C13H27N3O3S/c1-11-9-15(10-12(2)19-11)20(17,18)16-7-5-4-6-13(16)8-14-3/h11-14H,4-10H2,1-3H3/t11-,12+,13?. The van der Waals surface area contributed by atoms with Crippen molar-refractivity contribution < 1.29 is 13.2 Å². The zero-order chi connectivity index (χ0) is 14.8. The Labute approximate surface area is 122 Å². The summed E-state index contributed by atoms with van der Waals surface area (Å²) in [6, 6.07) is 0.0761. The molecule has 6 nitrogen and oxygen atoms in total. The molecule has 0 aliphatic carbocycles. The van der Waals surface area contributed by atoms with Gasteiger partial charge < -0.3 is 10.1 Å². The number of rotatable bonds is 4. The zero-order valence-corrected chi connectivity index (χ0v) is 13.5. The quantitative estimate of drug-likeness (QED) is 0.817. The van der Waals surface area contributed by atoms with Crippen LogP contribution in [0.2, 0.25) is 0 Å². The van der Waals surface area contributed by atoms with E-state index in [1.807, 2.05) is 20.9 Å². The minimum absolute atomic E-state index is 0.0407. The van der Waals surface area contributed by atoms with E-state index in [4.69, 9.17) is 4.74 Å². The summed E-state index contributed by atoms with van der Waals surface area (Å²) in [7, 11) is -1.50. The summed E-state index contributed by atoms with van der Waals surface area (Å²) in [5, 5.41) is 3.11. The molecule has 0 radical (unpaired) electrons. The molecule has 1 unspecified atom stereocenters. The van der Waals surface area contributed by atoms with E-state index in [0.717, 1.165) is 19.3 Å². The highest BCUT2D eigenvalue weighted by Gasteiger charge is 2.39. The van der Waals surface area contributed by atoms with E-state index in [-0.39, 0.29) is 18.2 Å². The molecule has 1 N–H and O–H groups in total. The van der Waals surface area contributed by atoms with Crippen LogP contribution in [0.15, 0.2) is 0 Å². The van der Waals surface area contributed by atoms with Crippen molar-refractivity contribution in [2.45, 2.75) is 51.4 Å². The molecular weight excluding hydrogens is 278 g/mol. The van der Waals surface area contributed by atoms with E-state index < -0.39 is 10.2 Å². The third-order valence-electron chi connectivity index (χ3n) is 4.02. The van der Waals surface area contributed by atoms with Crippen molar-refractivity contribution in [2.75, 3.05) is 33.2 Å². The average molecular weight is 305 g/mol. The highest BCUT2D eigenvalue weighted by atomic mass is 32.2. The minimum atomic E-state index is -3.38. The second-order valence-electron chi connectivity index (χ2n) is 5.90. The largest absolute Gasteiger partial charge is 0.373 e. The lowest BCUT2D eigenvalue weighted by molar-refractivity contribution is -0.0459. The summed E-state index contributed by atoms with van der Waals surface area (Å²) >= 11 is 0. The van der Waals surface area contributed by atoms with E-state index >= 15 is 0 Å². The Kier molecular flexibility index (Phi) is 5.42. The molecule has 2 fully saturated rings. The third kappa shape index (κ3) is 3.51. The van der Waals surface area contributed by atoms with Gasteiger partial charge in [-0.1, -0.05) is 6.42 Å². The lowest BCUT2D eigenvalue weighted by atomic mass is 10.1. The first-order valence-corrected chi connectivity index (χ1v) is 8.91. The van der Waals surface area contributed by atoms with E-state index in [0.29, 0.717) is 26.2 Å². The highest BCUT2D eigenvalue weighted by Crippen LogP contribution is 2.24. The Bertz CT molecular complexity index is 403. The molecule has 2 heterocycles. The monoisotopic (exact) mass is 305 g/mol. The predicted molar refractivity (Wildman–Crippen MR) is 78.8 cm³/mol. The van der Waals surface area contributed by atoms with Gasteiger partial charge in [0.05, 0.1) is 12.2 Å². The molecule has 20 heavy (non-hydrogen) atoms. The van der Waals surface area contributed by atoms with Crippen LogP contribution < -0.4 is 5.32 Å². The lowest BCUT2D eigenvalue weighted by Gasteiger charge is -2.41. The predicted octanol–water partition coefficient (Wildman–Crippen LogP) is 0.414. The van der Waals surface area contributed by atoms with Gasteiger partial charge in [0.25, 0.3) is 10.2 Å². The van der Waals surface area contributed by atoms with Gasteiger partial charge >= 0.3 is 0 Å². The molecule has 2 rings (SSSR count). The third-order valence-corrected chi connectivity index (χ3v) is 6.05. The number of nitrogens with zero attached hydrogens (tertiary/aromatic N) is 2. The molecule has 0 aromatic rings. The first kappa shape index (κ1) is 16.2. The molecule has 2 saturated heterocycles. The second kappa shape index (κ2) is 6.70. The van der Waals surface area contributed by atoms with E-state index in [9.17, 15) is 8.42 Å². The van der Waals surface area contributed by atoms with Crippen molar-refractivity contribution in [3.8, 4) is 0 Å². The Balaban J connectivity index is 2.14. The first-order chi connectivity index (χ1) is 9.45.